The van der Waals surface area contributed by atoms with Crippen LogP contribution in [-0.4, -0.2) is 53.5 Å². The Morgan fingerprint density at radius 2 is 1.97 bits per heavy atom. The second-order valence-electron chi connectivity index (χ2n) is 11.6. The topological polar surface area (TPSA) is 126 Å². The van der Waals surface area contributed by atoms with Gasteiger partial charge in [-0.15, -0.1) is 0 Å². The molecule has 2 N–H and O–H groups in total. The molecule has 206 valence electrons. The number of nitrogens with zero attached hydrogens (tertiary/aromatic N) is 6. The average molecular weight is 552 g/mol. The van der Waals surface area contributed by atoms with Crippen molar-refractivity contribution in [2.75, 3.05) is 11.4 Å². The molecule has 2 aliphatic rings. The Balaban J connectivity index is 1.59. The Morgan fingerprint density at radius 3 is 2.67 bits per heavy atom. The maximum atomic E-state index is 11.7. The number of H-pyrrole nitrogens is 1. The van der Waals surface area contributed by atoms with Crippen molar-refractivity contribution in [2.45, 2.75) is 71.6 Å². The molecule has 1 aliphatic carbocycles. The summed E-state index contributed by atoms with van der Waals surface area (Å²) in [7, 11) is 0. The standard InChI is InChI=1S/C28H34ClN7O3/c1-15(2)23-9-20(37)14-35(23)27-32-21-10-22(26-33-28(38)39-34-26)31-24(18-8-19(29)12-30-11-18)25(21)36(27)13-17-6-4-16(3)5-7-17/h8,10-12,15-17,20,23,37H,4-7,9,13-14H2,1-3H3,(H,33,34,38)/t16?,17?,20-,23+/m1/s1. The number of anilines is 1. The van der Waals surface area contributed by atoms with Crippen LogP contribution in [0.4, 0.5) is 5.95 Å². The lowest BCUT2D eigenvalue weighted by atomic mass is 9.83. The van der Waals surface area contributed by atoms with Crippen LogP contribution < -0.4 is 10.7 Å². The molecule has 11 heteroatoms. The SMILES string of the molecule is CC1CCC(Cn2c(N3C[C@H](O)C[C@H]3C(C)C)nc3cc(-c4noc(=O)[nH]4)nc(-c4cncc(Cl)c4)c32)CC1. The summed E-state index contributed by atoms with van der Waals surface area (Å²) in [6.07, 6.45) is 8.38. The molecule has 10 nitrogen and oxygen atoms in total. The van der Waals surface area contributed by atoms with Crippen LogP contribution in [0.3, 0.4) is 0 Å². The predicted molar refractivity (Wildman–Crippen MR) is 150 cm³/mol. The Labute approximate surface area is 231 Å². The number of aliphatic hydroxyl groups is 1. The minimum absolute atomic E-state index is 0.164. The van der Waals surface area contributed by atoms with Crippen molar-refractivity contribution in [3.8, 4) is 22.8 Å². The van der Waals surface area contributed by atoms with Crippen LogP contribution in [0.25, 0.3) is 33.8 Å². The molecule has 1 saturated heterocycles. The van der Waals surface area contributed by atoms with E-state index in [1.807, 2.05) is 12.1 Å². The zero-order chi connectivity index (χ0) is 27.3. The number of β-amino-alcohol motifs (C(OH)–C–C–N with tert-alkyl or cyclic N) is 1. The van der Waals surface area contributed by atoms with E-state index in [0.29, 0.717) is 41.2 Å². The molecular formula is C28H34ClN7O3. The van der Waals surface area contributed by atoms with E-state index < -0.39 is 11.9 Å². The van der Waals surface area contributed by atoms with Gasteiger partial charge in [0, 0.05) is 37.1 Å². The number of nitrogens with one attached hydrogen (secondary N) is 1. The van der Waals surface area contributed by atoms with Gasteiger partial charge in [0.25, 0.3) is 0 Å². The maximum absolute atomic E-state index is 11.7. The van der Waals surface area contributed by atoms with E-state index in [1.54, 1.807) is 12.4 Å². The minimum Gasteiger partial charge on any atom is -0.391 e. The van der Waals surface area contributed by atoms with Crippen molar-refractivity contribution < 1.29 is 9.63 Å². The summed E-state index contributed by atoms with van der Waals surface area (Å²) in [5.74, 6) is 2.02. The number of fused-ring (bicyclic) bond motifs is 1. The van der Waals surface area contributed by atoms with Crippen molar-refractivity contribution in [2.24, 2.45) is 17.8 Å². The highest BCUT2D eigenvalue weighted by Gasteiger charge is 2.37. The second kappa shape index (κ2) is 10.4. The van der Waals surface area contributed by atoms with E-state index in [9.17, 15) is 9.90 Å². The van der Waals surface area contributed by atoms with Crippen LogP contribution >= 0.6 is 11.6 Å². The number of imidazole rings is 1. The summed E-state index contributed by atoms with van der Waals surface area (Å²) in [6, 6.07) is 3.84. The normalized spacial score (nSPS) is 23.8. The van der Waals surface area contributed by atoms with Crippen LogP contribution in [0, 0.1) is 17.8 Å². The molecule has 1 aliphatic heterocycles. The van der Waals surface area contributed by atoms with Gasteiger partial charge in [-0.1, -0.05) is 50.4 Å². The molecule has 0 amide bonds. The lowest BCUT2D eigenvalue weighted by Crippen LogP contribution is -2.36. The van der Waals surface area contributed by atoms with Crippen molar-refractivity contribution >= 4 is 28.6 Å². The van der Waals surface area contributed by atoms with E-state index >= 15 is 0 Å². The zero-order valence-corrected chi connectivity index (χ0v) is 23.2. The monoisotopic (exact) mass is 551 g/mol. The minimum atomic E-state index is -0.651. The molecule has 0 bridgehead atoms. The Kier molecular flexibility index (Phi) is 6.93. The predicted octanol–water partition coefficient (Wildman–Crippen LogP) is 4.91. The first-order valence-electron chi connectivity index (χ1n) is 13.8. The summed E-state index contributed by atoms with van der Waals surface area (Å²) in [4.78, 5) is 31.1. The largest absolute Gasteiger partial charge is 0.439 e. The molecule has 5 heterocycles. The Hall–Kier alpha value is -3.24. The van der Waals surface area contributed by atoms with Crippen LogP contribution in [0.15, 0.2) is 33.8 Å². The van der Waals surface area contributed by atoms with Gasteiger partial charge in [-0.3, -0.25) is 14.5 Å². The Bertz CT molecular complexity index is 1540. The van der Waals surface area contributed by atoms with Crippen LogP contribution in [0.5, 0.6) is 0 Å². The quantitative estimate of drug-likeness (QED) is 0.346. The van der Waals surface area contributed by atoms with Gasteiger partial charge in [0.05, 0.1) is 27.9 Å². The fourth-order valence-electron chi connectivity index (χ4n) is 6.22. The van der Waals surface area contributed by atoms with Gasteiger partial charge in [0.2, 0.25) is 11.8 Å². The first-order valence-corrected chi connectivity index (χ1v) is 14.2. The van der Waals surface area contributed by atoms with Gasteiger partial charge in [-0.2, -0.15) is 0 Å². The molecular weight excluding hydrogens is 518 g/mol. The highest BCUT2D eigenvalue weighted by molar-refractivity contribution is 6.30. The summed E-state index contributed by atoms with van der Waals surface area (Å²) >= 11 is 6.37. The molecule has 0 unspecified atom stereocenters. The highest BCUT2D eigenvalue weighted by atomic mass is 35.5. The lowest BCUT2D eigenvalue weighted by molar-refractivity contribution is 0.191. The third-order valence-electron chi connectivity index (χ3n) is 8.29. The van der Waals surface area contributed by atoms with E-state index in [1.165, 1.54) is 12.8 Å². The molecule has 0 spiro atoms. The third-order valence-corrected chi connectivity index (χ3v) is 8.50. The molecule has 4 aromatic rings. The number of rotatable bonds is 6. The Morgan fingerprint density at radius 1 is 1.18 bits per heavy atom. The van der Waals surface area contributed by atoms with Crippen molar-refractivity contribution in [1.29, 1.82) is 0 Å². The zero-order valence-electron chi connectivity index (χ0n) is 22.5. The fraction of sp³-hybridized carbons (Fsp3) is 0.536. The van der Waals surface area contributed by atoms with E-state index in [4.69, 9.17) is 26.1 Å². The third kappa shape index (κ3) is 5.07. The number of hydrogen-bond donors (Lipinski definition) is 2. The van der Waals surface area contributed by atoms with Crippen molar-refractivity contribution in [3.05, 3.63) is 40.1 Å². The van der Waals surface area contributed by atoms with Gasteiger partial charge < -0.3 is 14.6 Å². The summed E-state index contributed by atoms with van der Waals surface area (Å²) in [5.41, 5.74) is 3.44. The van der Waals surface area contributed by atoms with Crippen LogP contribution in [0.2, 0.25) is 5.02 Å². The smallest absolute Gasteiger partial charge is 0.391 e. The molecule has 2 fully saturated rings. The van der Waals surface area contributed by atoms with Crippen molar-refractivity contribution in [1.82, 2.24) is 29.7 Å². The maximum Gasteiger partial charge on any atom is 0.439 e. The first-order chi connectivity index (χ1) is 18.8. The average Bonchev–Trinajstić information content (AvgIpc) is 3.61. The van der Waals surface area contributed by atoms with E-state index in [0.717, 1.165) is 47.8 Å². The van der Waals surface area contributed by atoms with Crippen molar-refractivity contribution in [3.63, 3.8) is 0 Å². The number of halogens is 1. The number of pyridine rings is 2. The molecule has 4 aromatic heterocycles. The van der Waals surface area contributed by atoms with E-state index in [2.05, 4.69) is 45.4 Å². The number of aromatic amines is 1. The number of aliphatic hydroxyl groups excluding tert-OH is 1. The summed E-state index contributed by atoms with van der Waals surface area (Å²) < 4.78 is 7.06. The van der Waals surface area contributed by atoms with Crippen LogP contribution in [0.1, 0.15) is 52.9 Å². The first kappa shape index (κ1) is 26.0. The molecule has 2 atom stereocenters. The van der Waals surface area contributed by atoms with Gasteiger partial charge >= 0.3 is 5.76 Å². The molecule has 6 rings (SSSR count). The molecule has 0 aromatic carbocycles. The summed E-state index contributed by atoms with van der Waals surface area (Å²) in [5, 5.41) is 15.1. The number of hydrogen-bond acceptors (Lipinski definition) is 8. The summed E-state index contributed by atoms with van der Waals surface area (Å²) in [6.45, 7) is 8.04. The highest BCUT2D eigenvalue weighted by Crippen LogP contribution is 2.39. The van der Waals surface area contributed by atoms with Gasteiger partial charge in [0.15, 0.2) is 0 Å². The van der Waals surface area contributed by atoms with Gasteiger partial charge in [-0.25, -0.2) is 14.8 Å². The van der Waals surface area contributed by atoms with Gasteiger partial charge in [0.1, 0.15) is 5.69 Å². The fourth-order valence-corrected chi connectivity index (χ4v) is 6.39. The molecule has 39 heavy (non-hydrogen) atoms. The molecule has 1 saturated carbocycles. The molecule has 0 radical (unpaired) electrons. The number of aromatic nitrogens is 6. The lowest BCUT2D eigenvalue weighted by Gasteiger charge is -2.31. The van der Waals surface area contributed by atoms with Crippen LogP contribution in [-0.2, 0) is 6.54 Å². The second-order valence-corrected chi connectivity index (χ2v) is 12.0. The van der Waals surface area contributed by atoms with E-state index in [-0.39, 0.29) is 11.9 Å². The van der Waals surface area contributed by atoms with Gasteiger partial charge in [-0.05, 0) is 49.1 Å².